The van der Waals surface area contributed by atoms with E-state index in [1.54, 1.807) is 0 Å². The van der Waals surface area contributed by atoms with Crippen LogP contribution in [0.2, 0.25) is 0 Å². The van der Waals surface area contributed by atoms with Gasteiger partial charge in [-0.25, -0.2) is 0 Å². The van der Waals surface area contributed by atoms with Crippen LogP contribution in [0.25, 0.3) is 0 Å². The molecule has 0 N–H and O–H groups in total. The Morgan fingerprint density at radius 2 is 2.05 bits per heavy atom. The van der Waals surface area contributed by atoms with Crippen LogP contribution >= 0.6 is 0 Å². The lowest BCUT2D eigenvalue weighted by Gasteiger charge is -2.25. The van der Waals surface area contributed by atoms with Crippen LogP contribution in [0.1, 0.15) is 46.0 Å². The van der Waals surface area contributed by atoms with E-state index in [1.807, 2.05) is 37.3 Å². The van der Waals surface area contributed by atoms with Gasteiger partial charge in [-0.2, -0.15) is 0 Å². The van der Waals surface area contributed by atoms with Gasteiger partial charge in [-0.3, -0.25) is 4.79 Å². The lowest BCUT2D eigenvalue weighted by Crippen LogP contribution is -2.17. The van der Waals surface area contributed by atoms with Crippen molar-refractivity contribution in [2.75, 3.05) is 6.61 Å². The Kier molecular flexibility index (Phi) is 4.16. The molecule has 0 spiro atoms. The van der Waals surface area contributed by atoms with Crippen LogP contribution in [0.15, 0.2) is 48.5 Å². The fourth-order valence-electron chi connectivity index (χ4n) is 2.96. The predicted octanol–water partition coefficient (Wildman–Crippen LogP) is 4.27. The number of carbonyl (C=O) groups excluding carboxylic acids is 1. The zero-order valence-electron chi connectivity index (χ0n) is 12.3. The van der Waals surface area contributed by atoms with Crippen LogP contribution in [0.3, 0.4) is 0 Å². The number of hydrogen-bond donors (Lipinski definition) is 0. The Balaban J connectivity index is 1.67. The fourth-order valence-corrected chi connectivity index (χ4v) is 2.96. The molecule has 0 heterocycles. The molecule has 1 aliphatic rings. The van der Waals surface area contributed by atoms with Crippen molar-refractivity contribution in [1.29, 1.82) is 0 Å². The van der Waals surface area contributed by atoms with Crippen molar-refractivity contribution >= 4 is 5.78 Å². The number of ketones is 1. The zero-order chi connectivity index (χ0) is 14.7. The molecule has 108 valence electrons. The van der Waals surface area contributed by atoms with Crippen molar-refractivity contribution in [2.24, 2.45) is 0 Å². The van der Waals surface area contributed by atoms with E-state index < -0.39 is 0 Å². The van der Waals surface area contributed by atoms with Crippen LogP contribution in [0, 0.1) is 6.92 Å². The lowest BCUT2D eigenvalue weighted by molar-refractivity contribution is 0.0372. The molecule has 2 nitrogen and oxygen atoms in total. The molecule has 0 aromatic heterocycles. The predicted molar refractivity (Wildman–Crippen MR) is 83.6 cm³/mol. The second-order valence-electron chi connectivity index (χ2n) is 5.68. The van der Waals surface area contributed by atoms with E-state index in [9.17, 15) is 4.79 Å². The number of Topliss-reactive ketones (excluding diaryl/α,β-unsaturated/α-hetero) is 1. The minimum absolute atomic E-state index is 0.0572. The maximum atomic E-state index is 12.2. The minimum atomic E-state index is 0.0572. The number of ether oxygens (including phenoxy) is 1. The van der Waals surface area contributed by atoms with E-state index in [0.717, 1.165) is 30.4 Å². The minimum Gasteiger partial charge on any atom is -0.365 e. The van der Waals surface area contributed by atoms with Gasteiger partial charge in [-0.15, -0.1) is 0 Å². The summed E-state index contributed by atoms with van der Waals surface area (Å²) in [6.45, 7) is 2.15. The average molecular weight is 280 g/mol. The molecule has 0 aliphatic heterocycles. The number of fused-ring (bicyclic) bond motifs is 1. The standard InChI is InChI=1S/C19H20O2/c1-14-6-4-9-16(12-14)18(20)13-21-19-11-5-8-15-7-2-3-10-17(15)19/h2-4,6-7,9-10,12,19H,5,8,11,13H2,1H3. The summed E-state index contributed by atoms with van der Waals surface area (Å²) < 4.78 is 5.92. The molecule has 2 heteroatoms. The summed E-state index contributed by atoms with van der Waals surface area (Å²) in [4.78, 5) is 12.2. The molecule has 0 saturated carbocycles. The van der Waals surface area contributed by atoms with Crippen molar-refractivity contribution in [1.82, 2.24) is 0 Å². The summed E-state index contributed by atoms with van der Waals surface area (Å²) in [5.74, 6) is 0.0572. The van der Waals surface area contributed by atoms with Gasteiger partial charge in [-0.1, -0.05) is 48.0 Å². The monoisotopic (exact) mass is 280 g/mol. The van der Waals surface area contributed by atoms with E-state index in [1.165, 1.54) is 11.1 Å². The lowest BCUT2D eigenvalue weighted by atomic mass is 9.89. The molecule has 2 aromatic rings. The van der Waals surface area contributed by atoms with Crippen molar-refractivity contribution < 1.29 is 9.53 Å². The molecule has 2 aromatic carbocycles. The molecule has 0 bridgehead atoms. The summed E-state index contributed by atoms with van der Waals surface area (Å²) in [6, 6.07) is 16.1. The molecule has 1 unspecified atom stereocenters. The van der Waals surface area contributed by atoms with Crippen molar-refractivity contribution in [3.63, 3.8) is 0 Å². The maximum Gasteiger partial charge on any atom is 0.188 e. The van der Waals surface area contributed by atoms with Gasteiger partial charge >= 0.3 is 0 Å². The molecular weight excluding hydrogens is 260 g/mol. The Bertz CT molecular complexity index is 646. The molecule has 0 fully saturated rings. The number of rotatable bonds is 4. The summed E-state index contributed by atoms with van der Waals surface area (Å²) >= 11 is 0. The highest BCUT2D eigenvalue weighted by Crippen LogP contribution is 2.32. The van der Waals surface area contributed by atoms with E-state index in [-0.39, 0.29) is 18.5 Å². The fraction of sp³-hybridized carbons (Fsp3) is 0.316. The van der Waals surface area contributed by atoms with Gasteiger partial charge in [0.1, 0.15) is 6.61 Å². The molecule has 0 radical (unpaired) electrons. The van der Waals surface area contributed by atoms with Gasteiger partial charge in [0.25, 0.3) is 0 Å². The van der Waals surface area contributed by atoms with Gasteiger partial charge < -0.3 is 4.74 Å². The maximum absolute atomic E-state index is 12.2. The molecule has 1 aliphatic carbocycles. The smallest absolute Gasteiger partial charge is 0.188 e. The number of carbonyl (C=O) groups is 1. The second kappa shape index (κ2) is 6.23. The zero-order valence-corrected chi connectivity index (χ0v) is 12.3. The Morgan fingerprint density at radius 1 is 1.19 bits per heavy atom. The van der Waals surface area contributed by atoms with Gasteiger partial charge in [0.15, 0.2) is 5.78 Å². The van der Waals surface area contributed by atoms with Crippen LogP contribution in [0.4, 0.5) is 0 Å². The molecular formula is C19H20O2. The SMILES string of the molecule is Cc1cccc(C(=O)COC2CCCc3ccccc32)c1. The van der Waals surface area contributed by atoms with E-state index in [0.29, 0.717) is 0 Å². The van der Waals surface area contributed by atoms with Gasteiger partial charge in [0.05, 0.1) is 6.10 Å². The second-order valence-corrected chi connectivity index (χ2v) is 5.68. The molecule has 21 heavy (non-hydrogen) atoms. The van der Waals surface area contributed by atoms with Crippen molar-refractivity contribution in [2.45, 2.75) is 32.3 Å². The van der Waals surface area contributed by atoms with Crippen LogP contribution in [-0.4, -0.2) is 12.4 Å². The molecule has 0 saturated heterocycles. The van der Waals surface area contributed by atoms with Crippen molar-refractivity contribution in [3.8, 4) is 0 Å². The summed E-state index contributed by atoms with van der Waals surface area (Å²) in [5.41, 5.74) is 4.44. The van der Waals surface area contributed by atoms with E-state index in [2.05, 4.69) is 18.2 Å². The Morgan fingerprint density at radius 3 is 2.90 bits per heavy atom. The average Bonchev–Trinajstić information content (AvgIpc) is 2.52. The van der Waals surface area contributed by atoms with Crippen LogP contribution < -0.4 is 0 Å². The first kappa shape index (κ1) is 14.0. The summed E-state index contributed by atoms with van der Waals surface area (Å²) in [7, 11) is 0. The van der Waals surface area contributed by atoms with Crippen LogP contribution in [0.5, 0.6) is 0 Å². The van der Waals surface area contributed by atoms with E-state index in [4.69, 9.17) is 4.74 Å². The highest BCUT2D eigenvalue weighted by atomic mass is 16.5. The third-order valence-corrected chi connectivity index (χ3v) is 4.07. The quantitative estimate of drug-likeness (QED) is 0.782. The van der Waals surface area contributed by atoms with Crippen LogP contribution in [-0.2, 0) is 11.2 Å². The summed E-state index contributed by atoms with van der Waals surface area (Å²) in [6.07, 6.45) is 3.30. The third-order valence-electron chi connectivity index (χ3n) is 4.07. The Hall–Kier alpha value is -1.93. The van der Waals surface area contributed by atoms with E-state index >= 15 is 0 Å². The molecule has 3 rings (SSSR count). The first-order valence-corrected chi connectivity index (χ1v) is 7.53. The topological polar surface area (TPSA) is 26.3 Å². The largest absolute Gasteiger partial charge is 0.365 e. The summed E-state index contributed by atoms with van der Waals surface area (Å²) in [5, 5.41) is 0. The third kappa shape index (κ3) is 3.22. The molecule has 1 atom stereocenters. The first-order valence-electron chi connectivity index (χ1n) is 7.53. The number of benzene rings is 2. The highest BCUT2D eigenvalue weighted by molar-refractivity contribution is 5.97. The number of hydrogen-bond acceptors (Lipinski definition) is 2. The normalized spacial score (nSPS) is 17.3. The van der Waals surface area contributed by atoms with Gasteiger partial charge in [0, 0.05) is 5.56 Å². The number of aryl methyl sites for hydroxylation is 2. The van der Waals surface area contributed by atoms with Gasteiger partial charge in [0.2, 0.25) is 0 Å². The first-order chi connectivity index (χ1) is 10.2. The van der Waals surface area contributed by atoms with Crippen molar-refractivity contribution in [3.05, 3.63) is 70.8 Å². The highest BCUT2D eigenvalue weighted by Gasteiger charge is 2.21. The molecule has 0 amide bonds. The van der Waals surface area contributed by atoms with Gasteiger partial charge in [-0.05, 0) is 43.4 Å². The Labute approximate surface area is 125 Å².